The summed E-state index contributed by atoms with van der Waals surface area (Å²) in [4.78, 5) is 28.3. The Morgan fingerprint density at radius 2 is 2.07 bits per heavy atom. The van der Waals surface area contributed by atoms with Gasteiger partial charge in [0.25, 0.3) is 11.5 Å². The third-order valence-electron chi connectivity index (χ3n) is 4.41. The number of ether oxygens (including phenoxy) is 1. The molecular weight excluding hydrogens is 381 g/mol. The van der Waals surface area contributed by atoms with Crippen molar-refractivity contribution >= 4 is 34.7 Å². The number of nitrogens with zero attached hydrogens (tertiary/aromatic N) is 1. The molecule has 28 heavy (non-hydrogen) atoms. The standard InChI is InChI=1S/C20H20FN3O3S/c1-12-10-14(21)5-7-16(12)22-18(25)13-4-6-15-17(11-13)23-20(28)24(19(15)26)8-3-9-27-2/h4-7,10-11H,3,8-9H2,1-2H3,(H,22,25)(H,23,28). The lowest BCUT2D eigenvalue weighted by molar-refractivity contribution is 0.102. The molecule has 0 saturated heterocycles. The summed E-state index contributed by atoms with van der Waals surface area (Å²) in [5.41, 5.74) is 1.77. The SMILES string of the molecule is COCCCn1c(=S)[nH]c2cc(C(=O)Nc3ccc(F)cc3C)ccc2c1=O. The lowest BCUT2D eigenvalue weighted by Gasteiger charge is -2.10. The third kappa shape index (κ3) is 4.18. The minimum absolute atomic E-state index is 0.212. The molecule has 0 bridgehead atoms. The second-order valence-electron chi connectivity index (χ2n) is 6.41. The number of hydrogen-bond acceptors (Lipinski definition) is 4. The van der Waals surface area contributed by atoms with Gasteiger partial charge in [-0.1, -0.05) is 0 Å². The summed E-state index contributed by atoms with van der Waals surface area (Å²) < 4.78 is 20.0. The van der Waals surface area contributed by atoms with E-state index in [4.69, 9.17) is 17.0 Å². The Hall–Kier alpha value is -2.84. The molecule has 3 aromatic rings. The molecule has 0 spiro atoms. The number of benzene rings is 2. The monoisotopic (exact) mass is 401 g/mol. The molecule has 0 aliphatic rings. The van der Waals surface area contributed by atoms with Crippen molar-refractivity contribution in [2.75, 3.05) is 19.0 Å². The van der Waals surface area contributed by atoms with Crippen molar-refractivity contribution < 1.29 is 13.9 Å². The van der Waals surface area contributed by atoms with Crippen molar-refractivity contribution in [1.82, 2.24) is 9.55 Å². The van der Waals surface area contributed by atoms with Crippen molar-refractivity contribution in [3.05, 3.63) is 68.5 Å². The number of amides is 1. The number of nitrogens with one attached hydrogen (secondary N) is 2. The molecule has 3 rings (SSSR count). The highest BCUT2D eigenvalue weighted by Crippen LogP contribution is 2.18. The van der Waals surface area contributed by atoms with E-state index in [0.29, 0.717) is 52.1 Å². The van der Waals surface area contributed by atoms with E-state index in [1.807, 2.05) is 0 Å². The molecule has 0 fully saturated rings. The maximum atomic E-state index is 13.2. The molecule has 0 radical (unpaired) electrons. The van der Waals surface area contributed by atoms with Crippen LogP contribution in [0.4, 0.5) is 10.1 Å². The summed E-state index contributed by atoms with van der Waals surface area (Å²) in [7, 11) is 1.60. The second kappa shape index (κ2) is 8.45. The van der Waals surface area contributed by atoms with Crippen LogP contribution in [0, 0.1) is 17.5 Å². The van der Waals surface area contributed by atoms with Gasteiger partial charge in [-0.15, -0.1) is 0 Å². The highest BCUT2D eigenvalue weighted by Gasteiger charge is 2.12. The first kappa shape index (κ1) is 19.9. The zero-order valence-corrected chi connectivity index (χ0v) is 16.4. The fourth-order valence-electron chi connectivity index (χ4n) is 2.93. The molecule has 0 unspecified atom stereocenters. The summed E-state index contributed by atoms with van der Waals surface area (Å²) in [6.45, 7) is 2.69. The van der Waals surface area contributed by atoms with Crippen molar-refractivity contribution in [3.63, 3.8) is 0 Å². The molecule has 2 N–H and O–H groups in total. The maximum Gasteiger partial charge on any atom is 0.262 e. The lowest BCUT2D eigenvalue weighted by atomic mass is 10.1. The molecule has 1 heterocycles. The van der Waals surface area contributed by atoms with E-state index in [-0.39, 0.29) is 17.3 Å². The molecule has 1 aromatic heterocycles. The number of rotatable bonds is 6. The highest BCUT2D eigenvalue weighted by molar-refractivity contribution is 7.71. The molecule has 0 aliphatic carbocycles. The number of anilines is 1. The normalized spacial score (nSPS) is 11.0. The number of H-pyrrole nitrogens is 1. The maximum absolute atomic E-state index is 13.2. The van der Waals surface area contributed by atoms with Gasteiger partial charge >= 0.3 is 0 Å². The van der Waals surface area contributed by atoms with Gasteiger partial charge < -0.3 is 15.0 Å². The molecule has 6 nitrogen and oxygen atoms in total. The Balaban J connectivity index is 1.91. The molecule has 0 aliphatic heterocycles. The number of carbonyl (C=O) groups is 1. The minimum Gasteiger partial charge on any atom is -0.385 e. The predicted molar refractivity (Wildman–Crippen MR) is 109 cm³/mol. The predicted octanol–water partition coefficient (Wildman–Crippen LogP) is 3.80. The van der Waals surface area contributed by atoms with Gasteiger partial charge in [-0.3, -0.25) is 14.2 Å². The Morgan fingerprint density at radius 1 is 1.29 bits per heavy atom. The van der Waals surface area contributed by atoms with Gasteiger partial charge in [0.05, 0.1) is 10.9 Å². The van der Waals surface area contributed by atoms with Crippen LogP contribution < -0.4 is 10.9 Å². The van der Waals surface area contributed by atoms with Gasteiger partial charge in [-0.05, 0) is 67.5 Å². The van der Waals surface area contributed by atoms with Crippen LogP contribution in [0.5, 0.6) is 0 Å². The quantitative estimate of drug-likeness (QED) is 0.487. The Morgan fingerprint density at radius 3 is 2.79 bits per heavy atom. The number of carbonyl (C=O) groups excluding carboxylic acids is 1. The topological polar surface area (TPSA) is 76.1 Å². The van der Waals surface area contributed by atoms with Crippen LogP contribution in [0.1, 0.15) is 22.3 Å². The van der Waals surface area contributed by atoms with E-state index in [2.05, 4.69) is 10.3 Å². The van der Waals surface area contributed by atoms with E-state index >= 15 is 0 Å². The van der Waals surface area contributed by atoms with Crippen LogP contribution in [-0.4, -0.2) is 29.2 Å². The van der Waals surface area contributed by atoms with Gasteiger partial charge in [0.1, 0.15) is 5.82 Å². The summed E-state index contributed by atoms with van der Waals surface area (Å²) in [6, 6.07) is 8.90. The van der Waals surface area contributed by atoms with Crippen LogP contribution in [0.2, 0.25) is 0 Å². The van der Waals surface area contributed by atoms with E-state index < -0.39 is 0 Å². The number of aromatic nitrogens is 2. The van der Waals surface area contributed by atoms with Crippen LogP contribution >= 0.6 is 12.2 Å². The fraction of sp³-hybridized carbons (Fsp3) is 0.250. The van der Waals surface area contributed by atoms with Crippen LogP contribution in [0.15, 0.2) is 41.2 Å². The first-order valence-electron chi connectivity index (χ1n) is 8.74. The number of halogens is 1. The van der Waals surface area contributed by atoms with Gasteiger partial charge in [-0.2, -0.15) is 0 Å². The molecule has 1 amide bonds. The van der Waals surface area contributed by atoms with E-state index in [1.54, 1.807) is 32.2 Å². The smallest absolute Gasteiger partial charge is 0.262 e. The Labute approximate surface area is 166 Å². The largest absolute Gasteiger partial charge is 0.385 e. The summed E-state index contributed by atoms with van der Waals surface area (Å²) >= 11 is 5.29. The summed E-state index contributed by atoms with van der Waals surface area (Å²) in [5.74, 6) is -0.726. The van der Waals surface area contributed by atoms with Gasteiger partial charge in [-0.25, -0.2) is 4.39 Å². The van der Waals surface area contributed by atoms with Gasteiger partial charge in [0.15, 0.2) is 4.77 Å². The first-order chi connectivity index (χ1) is 13.4. The molecule has 146 valence electrons. The number of aryl methyl sites for hydroxylation is 1. The van der Waals surface area contributed by atoms with E-state index in [1.165, 1.54) is 22.8 Å². The lowest BCUT2D eigenvalue weighted by Crippen LogP contribution is -2.23. The average Bonchev–Trinajstić information content (AvgIpc) is 2.66. The van der Waals surface area contributed by atoms with Crippen molar-refractivity contribution in [2.24, 2.45) is 0 Å². The highest BCUT2D eigenvalue weighted by atomic mass is 32.1. The first-order valence-corrected chi connectivity index (χ1v) is 9.15. The summed E-state index contributed by atoms with van der Waals surface area (Å²) in [5, 5.41) is 3.20. The van der Waals surface area contributed by atoms with Gasteiger partial charge in [0.2, 0.25) is 0 Å². The molecular formula is C20H20FN3O3S. The zero-order valence-electron chi connectivity index (χ0n) is 15.5. The van der Waals surface area contributed by atoms with Gasteiger partial charge in [0, 0.05) is 31.5 Å². The Kier molecular flexibility index (Phi) is 6.01. The molecule has 8 heteroatoms. The zero-order chi connectivity index (χ0) is 20.3. The van der Waals surface area contributed by atoms with Crippen LogP contribution in [0.3, 0.4) is 0 Å². The van der Waals surface area contributed by atoms with E-state index in [9.17, 15) is 14.0 Å². The fourth-order valence-corrected chi connectivity index (χ4v) is 3.21. The molecule has 2 aromatic carbocycles. The third-order valence-corrected chi connectivity index (χ3v) is 4.73. The van der Waals surface area contributed by atoms with E-state index in [0.717, 1.165) is 0 Å². The van der Waals surface area contributed by atoms with Crippen LogP contribution in [0.25, 0.3) is 10.9 Å². The summed E-state index contributed by atoms with van der Waals surface area (Å²) in [6.07, 6.45) is 0.664. The number of fused-ring (bicyclic) bond motifs is 1. The molecule has 0 atom stereocenters. The van der Waals surface area contributed by atoms with Crippen molar-refractivity contribution in [2.45, 2.75) is 19.9 Å². The van der Waals surface area contributed by atoms with Crippen LogP contribution in [-0.2, 0) is 11.3 Å². The number of aromatic amines is 1. The average molecular weight is 401 g/mol. The molecule has 0 saturated carbocycles. The Bertz CT molecular complexity index is 1150. The number of methoxy groups -OCH3 is 1. The second-order valence-corrected chi connectivity index (χ2v) is 6.79. The minimum atomic E-state index is -0.365. The van der Waals surface area contributed by atoms with Crippen molar-refractivity contribution in [1.29, 1.82) is 0 Å². The number of hydrogen-bond donors (Lipinski definition) is 2. The van der Waals surface area contributed by atoms with Crippen molar-refractivity contribution in [3.8, 4) is 0 Å².